The van der Waals surface area contributed by atoms with Crippen molar-refractivity contribution in [1.29, 1.82) is 0 Å². The Morgan fingerprint density at radius 1 is 1.29 bits per heavy atom. The lowest BCUT2D eigenvalue weighted by Crippen LogP contribution is -2.48. The van der Waals surface area contributed by atoms with Gasteiger partial charge in [-0.1, -0.05) is 13.8 Å². The molecule has 2 aliphatic rings. The van der Waals surface area contributed by atoms with E-state index in [1.807, 2.05) is 13.8 Å². The van der Waals surface area contributed by atoms with Gasteiger partial charge in [0, 0.05) is 11.0 Å². The second-order valence-corrected chi connectivity index (χ2v) is 6.95. The Morgan fingerprint density at radius 3 is 2.57 bits per heavy atom. The van der Waals surface area contributed by atoms with E-state index in [1.54, 1.807) is 13.2 Å². The third kappa shape index (κ3) is 2.00. The lowest BCUT2D eigenvalue weighted by atomic mass is 9.65. The number of halogens is 1. The normalized spacial score (nSPS) is 28.4. The highest BCUT2D eigenvalue weighted by atomic mass is 19.1. The number of hydrogen-bond donors (Lipinski definition) is 2. The number of hydrogen-bond acceptors (Lipinski definition) is 3. The summed E-state index contributed by atoms with van der Waals surface area (Å²) in [6.07, 6.45) is 2.35. The molecule has 21 heavy (non-hydrogen) atoms. The van der Waals surface area contributed by atoms with E-state index >= 15 is 0 Å². The summed E-state index contributed by atoms with van der Waals surface area (Å²) < 4.78 is 19.7. The Bertz CT molecular complexity index is 552. The molecule has 1 fully saturated rings. The monoisotopic (exact) mass is 293 g/mol. The van der Waals surface area contributed by atoms with Crippen LogP contribution in [0.3, 0.4) is 0 Å². The van der Waals surface area contributed by atoms with Crippen molar-refractivity contribution in [3.05, 3.63) is 29.1 Å². The summed E-state index contributed by atoms with van der Waals surface area (Å²) in [6.45, 7) is 5.87. The van der Waals surface area contributed by atoms with Gasteiger partial charge in [-0.05, 0) is 56.0 Å². The van der Waals surface area contributed by atoms with E-state index in [9.17, 15) is 9.50 Å². The maximum absolute atomic E-state index is 14.3. The minimum Gasteiger partial charge on any atom is -0.496 e. The van der Waals surface area contributed by atoms with Crippen LogP contribution in [0.25, 0.3) is 0 Å². The summed E-state index contributed by atoms with van der Waals surface area (Å²) in [4.78, 5) is 0. The summed E-state index contributed by atoms with van der Waals surface area (Å²) in [7, 11) is 1.59. The predicted molar refractivity (Wildman–Crippen MR) is 79.9 cm³/mol. The van der Waals surface area contributed by atoms with Crippen LogP contribution < -0.4 is 10.1 Å². The highest BCUT2D eigenvalue weighted by Crippen LogP contribution is 2.58. The average Bonchev–Trinajstić information content (AvgIpc) is 2.70. The SMILES string of the molecule is COc1ccc(F)c2c1C(O)(C1CCNCC1)C(C)(C)C2. The first-order valence-electron chi connectivity index (χ1n) is 7.71. The van der Waals surface area contributed by atoms with E-state index in [0.717, 1.165) is 25.9 Å². The Kier molecular flexibility index (Phi) is 3.49. The first-order chi connectivity index (χ1) is 9.91. The first kappa shape index (κ1) is 14.8. The molecule has 1 saturated heterocycles. The maximum atomic E-state index is 14.3. The van der Waals surface area contributed by atoms with Crippen LogP contribution >= 0.6 is 0 Å². The lowest BCUT2D eigenvalue weighted by molar-refractivity contribution is -0.116. The van der Waals surface area contributed by atoms with E-state index in [0.29, 0.717) is 23.3 Å². The van der Waals surface area contributed by atoms with Crippen LogP contribution in [0.1, 0.15) is 37.8 Å². The molecule has 0 aromatic heterocycles. The molecule has 0 amide bonds. The van der Waals surface area contributed by atoms with Gasteiger partial charge in [0.1, 0.15) is 17.2 Å². The molecule has 1 aromatic rings. The third-order valence-corrected chi connectivity index (χ3v) is 5.40. The molecule has 0 spiro atoms. The van der Waals surface area contributed by atoms with Crippen molar-refractivity contribution < 1.29 is 14.2 Å². The molecule has 1 aliphatic heterocycles. The van der Waals surface area contributed by atoms with Gasteiger partial charge in [-0.2, -0.15) is 0 Å². The second-order valence-electron chi connectivity index (χ2n) is 6.95. The van der Waals surface area contributed by atoms with E-state index in [2.05, 4.69) is 5.32 Å². The van der Waals surface area contributed by atoms with Crippen LogP contribution in [0.4, 0.5) is 4.39 Å². The fourth-order valence-corrected chi connectivity index (χ4v) is 4.27. The molecular weight excluding hydrogens is 269 g/mol. The number of benzene rings is 1. The van der Waals surface area contributed by atoms with Crippen molar-refractivity contribution in [1.82, 2.24) is 5.32 Å². The largest absolute Gasteiger partial charge is 0.496 e. The topological polar surface area (TPSA) is 41.5 Å². The molecule has 1 heterocycles. The summed E-state index contributed by atoms with van der Waals surface area (Å²) in [6, 6.07) is 3.09. The van der Waals surface area contributed by atoms with Crippen LogP contribution in [0.5, 0.6) is 5.75 Å². The van der Waals surface area contributed by atoms with Crippen molar-refractivity contribution >= 4 is 0 Å². The van der Waals surface area contributed by atoms with E-state index in [1.165, 1.54) is 6.07 Å². The molecule has 0 radical (unpaired) electrons. The minimum atomic E-state index is -1.03. The fraction of sp³-hybridized carbons (Fsp3) is 0.647. The van der Waals surface area contributed by atoms with Crippen LogP contribution in [-0.4, -0.2) is 25.3 Å². The second kappa shape index (κ2) is 4.96. The van der Waals surface area contributed by atoms with Crippen molar-refractivity contribution in [2.75, 3.05) is 20.2 Å². The van der Waals surface area contributed by atoms with Gasteiger partial charge >= 0.3 is 0 Å². The van der Waals surface area contributed by atoms with Gasteiger partial charge in [0.05, 0.1) is 7.11 Å². The van der Waals surface area contributed by atoms with Gasteiger partial charge < -0.3 is 15.2 Å². The molecule has 1 unspecified atom stereocenters. The number of piperidine rings is 1. The van der Waals surface area contributed by atoms with Gasteiger partial charge in [0.2, 0.25) is 0 Å². The van der Waals surface area contributed by atoms with Gasteiger partial charge in [0.25, 0.3) is 0 Å². The van der Waals surface area contributed by atoms with Crippen LogP contribution in [0, 0.1) is 17.2 Å². The van der Waals surface area contributed by atoms with E-state index in [4.69, 9.17) is 4.74 Å². The molecule has 4 heteroatoms. The highest BCUT2D eigenvalue weighted by Gasteiger charge is 2.57. The summed E-state index contributed by atoms with van der Waals surface area (Å²) in [5.74, 6) is 0.507. The summed E-state index contributed by atoms with van der Waals surface area (Å²) in [5.41, 5.74) is -0.118. The first-order valence-corrected chi connectivity index (χ1v) is 7.71. The predicted octanol–water partition coefficient (Wildman–Crippen LogP) is 2.60. The Hall–Kier alpha value is -1.13. The highest BCUT2D eigenvalue weighted by molar-refractivity contribution is 5.51. The van der Waals surface area contributed by atoms with Crippen molar-refractivity contribution in [3.63, 3.8) is 0 Å². The molecule has 0 saturated carbocycles. The molecule has 3 nitrogen and oxygen atoms in total. The number of aliphatic hydroxyl groups is 1. The molecule has 1 atom stereocenters. The van der Waals surface area contributed by atoms with Crippen molar-refractivity contribution in [2.24, 2.45) is 11.3 Å². The number of rotatable bonds is 2. The average molecular weight is 293 g/mol. The summed E-state index contributed by atoms with van der Waals surface area (Å²) >= 11 is 0. The Labute approximate surface area is 125 Å². The van der Waals surface area contributed by atoms with Crippen molar-refractivity contribution in [3.8, 4) is 5.75 Å². The molecule has 1 aliphatic carbocycles. The molecule has 3 rings (SSSR count). The Morgan fingerprint density at radius 2 is 1.95 bits per heavy atom. The molecular formula is C17H24FNO2. The standard InChI is InChI=1S/C17H24FNO2/c1-16(2)10-12-13(18)4-5-14(21-3)15(12)17(16,20)11-6-8-19-9-7-11/h4-5,11,19-20H,6-10H2,1-3H3. The molecule has 116 valence electrons. The van der Waals surface area contributed by atoms with Gasteiger partial charge in [-0.15, -0.1) is 0 Å². The number of fused-ring (bicyclic) bond motifs is 1. The molecule has 0 bridgehead atoms. The van der Waals surface area contributed by atoms with E-state index in [-0.39, 0.29) is 11.7 Å². The zero-order valence-corrected chi connectivity index (χ0v) is 13.0. The third-order valence-electron chi connectivity index (χ3n) is 5.40. The Balaban J connectivity index is 2.18. The number of ether oxygens (including phenoxy) is 1. The summed E-state index contributed by atoms with van der Waals surface area (Å²) in [5, 5.41) is 15.0. The van der Waals surface area contributed by atoms with Crippen LogP contribution in [-0.2, 0) is 12.0 Å². The number of nitrogens with one attached hydrogen (secondary N) is 1. The van der Waals surface area contributed by atoms with E-state index < -0.39 is 11.0 Å². The smallest absolute Gasteiger partial charge is 0.127 e. The van der Waals surface area contributed by atoms with Gasteiger partial charge in [-0.25, -0.2) is 4.39 Å². The zero-order valence-electron chi connectivity index (χ0n) is 13.0. The minimum absolute atomic E-state index is 0.130. The van der Waals surface area contributed by atoms with Crippen molar-refractivity contribution in [2.45, 2.75) is 38.7 Å². The lowest BCUT2D eigenvalue weighted by Gasteiger charge is -2.45. The van der Waals surface area contributed by atoms with Gasteiger partial charge in [-0.3, -0.25) is 0 Å². The zero-order chi connectivity index (χ0) is 15.3. The number of methoxy groups -OCH3 is 1. The quantitative estimate of drug-likeness (QED) is 0.880. The maximum Gasteiger partial charge on any atom is 0.127 e. The van der Waals surface area contributed by atoms with Crippen LogP contribution in [0.2, 0.25) is 0 Å². The molecule has 1 aromatic carbocycles. The van der Waals surface area contributed by atoms with Gasteiger partial charge in [0.15, 0.2) is 0 Å². The fourth-order valence-electron chi connectivity index (χ4n) is 4.27. The molecule has 2 N–H and O–H groups in total. The van der Waals surface area contributed by atoms with Crippen LogP contribution in [0.15, 0.2) is 12.1 Å².